The van der Waals surface area contributed by atoms with E-state index in [1.807, 2.05) is 36.4 Å². The molecule has 3 aromatic rings. The zero-order valence-corrected chi connectivity index (χ0v) is 18.0. The van der Waals surface area contributed by atoms with Gasteiger partial charge in [0.1, 0.15) is 0 Å². The van der Waals surface area contributed by atoms with Crippen molar-refractivity contribution < 1.29 is 4.79 Å². The van der Waals surface area contributed by atoms with Gasteiger partial charge in [-0.05, 0) is 62.5 Å². The van der Waals surface area contributed by atoms with Gasteiger partial charge in [-0.25, -0.2) is 4.98 Å². The van der Waals surface area contributed by atoms with Gasteiger partial charge in [-0.3, -0.25) is 9.69 Å². The third-order valence-corrected chi connectivity index (χ3v) is 6.91. The van der Waals surface area contributed by atoms with Crippen molar-refractivity contribution >= 4 is 39.1 Å². The molecule has 1 fully saturated rings. The molecule has 0 radical (unpaired) electrons. The Kier molecular flexibility index (Phi) is 6.80. The Balaban J connectivity index is 1.30. The van der Waals surface area contributed by atoms with Gasteiger partial charge >= 0.3 is 0 Å². The number of benzene rings is 2. The Hall–Kier alpha value is -1.95. The highest BCUT2D eigenvalue weighted by Crippen LogP contribution is 2.29. The summed E-state index contributed by atoms with van der Waals surface area (Å²) in [7, 11) is 0. The Bertz CT molecular complexity index is 934. The normalized spacial score (nSPS) is 15.6. The topological polar surface area (TPSA) is 45.2 Å². The first-order chi connectivity index (χ1) is 14.2. The molecule has 0 spiro atoms. The standard InChI is InChI=1S/C23H26ClN3OS/c24-18-9-2-1-8-17(18)20(27-14-5-6-15-27)16-25-22(28)12-7-13-23-26-19-10-3-4-11-21(19)29-23/h1-4,8-11,20H,5-7,12-16H2,(H,25,28)/t20-/m1/s1. The molecule has 152 valence electrons. The van der Waals surface area contributed by atoms with Crippen molar-refractivity contribution in [1.82, 2.24) is 15.2 Å². The average Bonchev–Trinajstić information content (AvgIpc) is 3.39. The van der Waals surface area contributed by atoms with E-state index >= 15 is 0 Å². The second-order valence-corrected chi connectivity index (χ2v) is 9.04. The molecule has 2 aromatic carbocycles. The van der Waals surface area contributed by atoms with Crippen LogP contribution in [0.25, 0.3) is 10.2 Å². The van der Waals surface area contributed by atoms with Gasteiger partial charge in [0, 0.05) is 18.0 Å². The first-order valence-electron chi connectivity index (χ1n) is 10.3. The van der Waals surface area contributed by atoms with E-state index in [2.05, 4.69) is 27.3 Å². The lowest BCUT2D eigenvalue weighted by Crippen LogP contribution is -2.36. The number of aromatic nitrogens is 1. The first kappa shape index (κ1) is 20.3. The predicted molar refractivity (Wildman–Crippen MR) is 121 cm³/mol. The van der Waals surface area contributed by atoms with Crippen molar-refractivity contribution in [1.29, 1.82) is 0 Å². The Morgan fingerprint density at radius 3 is 2.69 bits per heavy atom. The molecule has 1 amide bonds. The molecule has 2 heterocycles. The minimum Gasteiger partial charge on any atom is -0.354 e. The fourth-order valence-electron chi connectivity index (χ4n) is 3.96. The highest BCUT2D eigenvalue weighted by atomic mass is 35.5. The van der Waals surface area contributed by atoms with E-state index in [1.165, 1.54) is 17.5 Å². The number of likely N-dealkylation sites (tertiary alicyclic amines) is 1. The molecule has 1 aromatic heterocycles. The van der Waals surface area contributed by atoms with Crippen LogP contribution in [0.5, 0.6) is 0 Å². The third kappa shape index (κ3) is 5.16. The summed E-state index contributed by atoms with van der Waals surface area (Å²) in [4.78, 5) is 19.5. The number of fused-ring (bicyclic) bond motifs is 1. The predicted octanol–water partition coefficient (Wildman–Crippen LogP) is 5.23. The maximum absolute atomic E-state index is 12.5. The molecule has 1 atom stereocenters. The van der Waals surface area contributed by atoms with Crippen LogP contribution in [0.2, 0.25) is 5.02 Å². The molecule has 1 aliphatic heterocycles. The minimum atomic E-state index is 0.0994. The lowest BCUT2D eigenvalue weighted by molar-refractivity contribution is -0.121. The summed E-state index contributed by atoms with van der Waals surface area (Å²) >= 11 is 8.17. The summed E-state index contributed by atoms with van der Waals surface area (Å²) < 4.78 is 1.21. The highest BCUT2D eigenvalue weighted by Gasteiger charge is 2.25. The first-order valence-corrected chi connectivity index (χ1v) is 11.5. The van der Waals surface area contributed by atoms with Crippen LogP contribution in [0, 0.1) is 0 Å². The number of amides is 1. The molecular formula is C23H26ClN3OS. The van der Waals surface area contributed by atoms with Crippen LogP contribution in [0.3, 0.4) is 0 Å². The number of carbonyl (C=O) groups is 1. The maximum Gasteiger partial charge on any atom is 0.220 e. The quantitative estimate of drug-likeness (QED) is 0.535. The summed E-state index contributed by atoms with van der Waals surface area (Å²) in [6.07, 6.45) is 4.58. The summed E-state index contributed by atoms with van der Waals surface area (Å²) in [6.45, 7) is 2.72. The van der Waals surface area contributed by atoms with E-state index in [-0.39, 0.29) is 11.9 Å². The number of rotatable bonds is 8. The third-order valence-electron chi connectivity index (χ3n) is 5.47. The van der Waals surface area contributed by atoms with E-state index in [4.69, 9.17) is 11.6 Å². The van der Waals surface area contributed by atoms with Gasteiger partial charge in [0.15, 0.2) is 0 Å². The van der Waals surface area contributed by atoms with Crippen molar-refractivity contribution in [3.63, 3.8) is 0 Å². The Morgan fingerprint density at radius 2 is 1.90 bits per heavy atom. The molecular weight excluding hydrogens is 402 g/mol. The number of halogens is 1. The van der Waals surface area contributed by atoms with Gasteiger partial charge in [0.05, 0.1) is 21.3 Å². The van der Waals surface area contributed by atoms with Crippen LogP contribution in [0.15, 0.2) is 48.5 Å². The van der Waals surface area contributed by atoms with Crippen LogP contribution in [-0.4, -0.2) is 35.4 Å². The largest absolute Gasteiger partial charge is 0.354 e. The molecule has 1 saturated heterocycles. The Labute approximate surface area is 180 Å². The number of carbonyl (C=O) groups excluding carboxylic acids is 1. The van der Waals surface area contributed by atoms with Crippen molar-refractivity contribution in [2.75, 3.05) is 19.6 Å². The molecule has 6 heteroatoms. The molecule has 0 saturated carbocycles. The van der Waals surface area contributed by atoms with Crippen molar-refractivity contribution in [2.45, 2.75) is 38.1 Å². The molecule has 1 N–H and O–H groups in total. The molecule has 0 aliphatic carbocycles. The number of thiazole rings is 1. The number of hydrogen-bond donors (Lipinski definition) is 1. The van der Waals surface area contributed by atoms with Crippen LogP contribution in [-0.2, 0) is 11.2 Å². The highest BCUT2D eigenvalue weighted by molar-refractivity contribution is 7.18. The molecule has 0 bridgehead atoms. The second-order valence-electron chi connectivity index (χ2n) is 7.51. The number of hydrogen-bond acceptors (Lipinski definition) is 4. The lowest BCUT2D eigenvalue weighted by atomic mass is 10.1. The number of nitrogens with zero attached hydrogens (tertiary/aromatic N) is 2. The van der Waals surface area contributed by atoms with Crippen LogP contribution in [0.1, 0.15) is 42.3 Å². The van der Waals surface area contributed by atoms with E-state index in [0.717, 1.165) is 47.0 Å². The molecule has 0 unspecified atom stereocenters. The SMILES string of the molecule is O=C(CCCc1nc2ccccc2s1)NC[C@H](c1ccccc1Cl)N1CCCC1. The van der Waals surface area contributed by atoms with Gasteiger partial charge in [0.2, 0.25) is 5.91 Å². The van der Waals surface area contributed by atoms with Crippen LogP contribution in [0.4, 0.5) is 0 Å². The van der Waals surface area contributed by atoms with Crippen molar-refractivity contribution in [3.8, 4) is 0 Å². The van der Waals surface area contributed by atoms with E-state index in [1.54, 1.807) is 11.3 Å². The maximum atomic E-state index is 12.5. The van der Waals surface area contributed by atoms with Crippen molar-refractivity contribution in [3.05, 3.63) is 64.1 Å². The smallest absolute Gasteiger partial charge is 0.220 e. The summed E-state index contributed by atoms with van der Waals surface area (Å²) in [5, 5.41) is 5.02. The summed E-state index contributed by atoms with van der Waals surface area (Å²) in [5.74, 6) is 0.0994. The summed E-state index contributed by atoms with van der Waals surface area (Å²) in [6, 6.07) is 16.3. The summed E-state index contributed by atoms with van der Waals surface area (Å²) in [5.41, 5.74) is 2.15. The molecule has 4 nitrogen and oxygen atoms in total. The number of nitrogens with one attached hydrogen (secondary N) is 1. The van der Waals surface area contributed by atoms with Gasteiger partial charge in [-0.1, -0.05) is 41.9 Å². The van der Waals surface area contributed by atoms with Gasteiger partial charge in [-0.2, -0.15) is 0 Å². The zero-order chi connectivity index (χ0) is 20.1. The average molecular weight is 428 g/mol. The van der Waals surface area contributed by atoms with E-state index in [0.29, 0.717) is 13.0 Å². The zero-order valence-electron chi connectivity index (χ0n) is 16.4. The van der Waals surface area contributed by atoms with Gasteiger partial charge in [-0.15, -0.1) is 11.3 Å². The number of para-hydroxylation sites is 1. The minimum absolute atomic E-state index is 0.0994. The van der Waals surface area contributed by atoms with E-state index < -0.39 is 0 Å². The molecule has 29 heavy (non-hydrogen) atoms. The van der Waals surface area contributed by atoms with E-state index in [9.17, 15) is 4.79 Å². The van der Waals surface area contributed by atoms with Gasteiger partial charge < -0.3 is 5.32 Å². The monoisotopic (exact) mass is 427 g/mol. The van der Waals surface area contributed by atoms with Crippen molar-refractivity contribution in [2.24, 2.45) is 0 Å². The van der Waals surface area contributed by atoms with Crippen LogP contribution >= 0.6 is 22.9 Å². The molecule has 1 aliphatic rings. The fraction of sp³-hybridized carbons (Fsp3) is 0.391. The lowest BCUT2D eigenvalue weighted by Gasteiger charge is -2.29. The Morgan fingerprint density at radius 1 is 1.14 bits per heavy atom. The fourth-order valence-corrected chi connectivity index (χ4v) is 5.23. The number of aryl methyl sites for hydroxylation is 1. The second kappa shape index (κ2) is 9.70. The molecule has 4 rings (SSSR count). The van der Waals surface area contributed by atoms with Gasteiger partial charge in [0.25, 0.3) is 0 Å². The van der Waals surface area contributed by atoms with Crippen LogP contribution < -0.4 is 5.32 Å².